The van der Waals surface area contributed by atoms with Gasteiger partial charge in [0, 0.05) is 22.9 Å². The van der Waals surface area contributed by atoms with Crippen molar-refractivity contribution in [3.8, 4) is 0 Å². The molecule has 4 nitrogen and oxygen atoms in total. The first kappa shape index (κ1) is 17.4. The minimum Gasteiger partial charge on any atom is -0.396 e. The first-order valence-electron chi connectivity index (χ1n) is 7.74. The highest BCUT2D eigenvalue weighted by Gasteiger charge is 2.70. The molecule has 0 saturated heterocycles. The maximum absolute atomic E-state index is 13.1. The number of hydrogen-bond acceptors (Lipinski definition) is 4. The summed E-state index contributed by atoms with van der Waals surface area (Å²) < 4.78 is 26.2. The Morgan fingerprint density at radius 1 is 1.21 bits per heavy atom. The third-order valence-corrected chi connectivity index (χ3v) is 7.52. The first-order valence-corrected chi connectivity index (χ1v) is 9.66. The van der Waals surface area contributed by atoms with Gasteiger partial charge in [-0.1, -0.05) is 41.4 Å². The molecule has 0 spiro atoms. The molecule has 1 fully saturated rings. The largest absolute Gasteiger partial charge is 0.396 e. The molecule has 24 heavy (non-hydrogen) atoms. The molecule has 6 heteroatoms. The van der Waals surface area contributed by atoms with Crippen molar-refractivity contribution in [1.29, 1.82) is 0 Å². The van der Waals surface area contributed by atoms with Gasteiger partial charge in [-0.25, -0.2) is 8.42 Å². The summed E-state index contributed by atoms with van der Waals surface area (Å²) in [6, 6.07) is 13.9. The van der Waals surface area contributed by atoms with E-state index in [4.69, 9.17) is 17.3 Å². The molecule has 1 aliphatic carbocycles. The maximum atomic E-state index is 13.1. The van der Waals surface area contributed by atoms with Gasteiger partial charge in [-0.3, -0.25) is 0 Å². The summed E-state index contributed by atoms with van der Waals surface area (Å²) in [6.07, 6.45) is 0. The monoisotopic (exact) mass is 365 g/mol. The van der Waals surface area contributed by atoms with E-state index in [9.17, 15) is 13.5 Å². The number of aryl methyl sites for hydroxylation is 1. The molecule has 0 unspecified atom stereocenters. The van der Waals surface area contributed by atoms with Gasteiger partial charge in [0.2, 0.25) is 0 Å². The maximum Gasteiger partial charge on any atom is 0.182 e. The highest BCUT2D eigenvalue weighted by molar-refractivity contribution is 7.92. The summed E-state index contributed by atoms with van der Waals surface area (Å²) >= 11 is 6.05. The van der Waals surface area contributed by atoms with E-state index < -0.39 is 20.5 Å². The average Bonchev–Trinajstić information content (AvgIpc) is 3.26. The summed E-state index contributed by atoms with van der Waals surface area (Å²) in [5.74, 6) is -0.363. The second-order valence-electron chi connectivity index (χ2n) is 6.41. The summed E-state index contributed by atoms with van der Waals surface area (Å²) in [7, 11) is -3.61. The summed E-state index contributed by atoms with van der Waals surface area (Å²) in [6.45, 7) is 1.72. The Balaban J connectivity index is 2.06. The number of sulfone groups is 1. The molecule has 3 rings (SSSR count). The third-order valence-electron chi connectivity index (χ3n) is 4.95. The molecule has 128 valence electrons. The van der Waals surface area contributed by atoms with Crippen molar-refractivity contribution >= 4 is 21.4 Å². The van der Waals surface area contributed by atoms with Gasteiger partial charge in [0.15, 0.2) is 9.84 Å². The van der Waals surface area contributed by atoms with Crippen LogP contribution < -0.4 is 5.73 Å². The SMILES string of the molecule is Cc1ccc(S(=O)(=O)[C@H]2[C@H](c3cccc(Cl)c3)[C@@]2(CN)CO)cc1. The van der Waals surface area contributed by atoms with Crippen LogP contribution in [0.3, 0.4) is 0 Å². The molecule has 3 atom stereocenters. The zero-order chi connectivity index (χ0) is 17.5. The van der Waals surface area contributed by atoms with Gasteiger partial charge in [0.25, 0.3) is 0 Å². The number of rotatable bonds is 5. The fraction of sp³-hybridized carbons (Fsp3) is 0.333. The Morgan fingerprint density at radius 2 is 1.88 bits per heavy atom. The number of halogens is 1. The van der Waals surface area contributed by atoms with Crippen molar-refractivity contribution < 1.29 is 13.5 Å². The van der Waals surface area contributed by atoms with Crippen LogP contribution in [-0.2, 0) is 9.84 Å². The van der Waals surface area contributed by atoms with E-state index in [-0.39, 0.29) is 24.0 Å². The van der Waals surface area contributed by atoms with E-state index >= 15 is 0 Å². The van der Waals surface area contributed by atoms with Crippen molar-refractivity contribution in [1.82, 2.24) is 0 Å². The lowest BCUT2D eigenvalue weighted by molar-refractivity contribution is 0.212. The van der Waals surface area contributed by atoms with E-state index in [1.165, 1.54) is 0 Å². The highest BCUT2D eigenvalue weighted by Crippen LogP contribution is 2.63. The van der Waals surface area contributed by atoms with Crippen molar-refractivity contribution in [2.45, 2.75) is 23.0 Å². The van der Waals surface area contributed by atoms with E-state index in [1.807, 2.05) is 13.0 Å². The number of aliphatic hydroxyl groups is 1. The minimum atomic E-state index is -3.61. The molecule has 1 aliphatic rings. The molecule has 2 aromatic rings. The fourth-order valence-electron chi connectivity index (χ4n) is 3.52. The Kier molecular flexibility index (Phi) is 4.47. The number of nitrogens with two attached hydrogens (primary N) is 1. The topological polar surface area (TPSA) is 80.4 Å². The van der Waals surface area contributed by atoms with Crippen LogP contribution in [-0.4, -0.2) is 31.9 Å². The van der Waals surface area contributed by atoms with E-state index in [0.717, 1.165) is 11.1 Å². The smallest absolute Gasteiger partial charge is 0.182 e. The molecule has 0 bridgehead atoms. The van der Waals surface area contributed by atoms with Crippen LogP contribution in [0.15, 0.2) is 53.4 Å². The molecule has 2 aromatic carbocycles. The fourth-order valence-corrected chi connectivity index (χ4v) is 6.17. The van der Waals surface area contributed by atoms with Crippen LogP contribution in [0.4, 0.5) is 0 Å². The quantitative estimate of drug-likeness (QED) is 0.853. The van der Waals surface area contributed by atoms with Gasteiger partial charge in [-0.05, 0) is 36.8 Å². The van der Waals surface area contributed by atoms with Gasteiger partial charge in [-0.15, -0.1) is 0 Å². The zero-order valence-electron chi connectivity index (χ0n) is 13.3. The zero-order valence-corrected chi connectivity index (χ0v) is 14.9. The molecule has 0 heterocycles. The molecular formula is C18H20ClNO3S. The molecular weight excluding hydrogens is 346 g/mol. The lowest BCUT2D eigenvalue weighted by atomic mass is 10.0. The normalized spacial score (nSPS) is 26.3. The third kappa shape index (κ3) is 2.65. The standard InChI is InChI=1S/C18H20ClNO3S/c1-12-5-7-15(8-6-12)24(22,23)17-16(18(17,10-20)11-21)13-3-2-4-14(19)9-13/h2-9,16-17,21H,10-11,20H2,1H3/t16-,17-,18+/m0/s1. The van der Waals surface area contributed by atoms with Crippen LogP contribution in [0.25, 0.3) is 0 Å². The average molecular weight is 366 g/mol. The number of hydrogen-bond donors (Lipinski definition) is 2. The predicted molar refractivity (Wildman–Crippen MR) is 94.9 cm³/mol. The van der Waals surface area contributed by atoms with Gasteiger partial charge < -0.3 is 10.8 Å². The van der Waals surface area contributed by atoms with Crippen molar-refractivity contribution in [3.05, 3.63) is 64.7 Å². The molecule has 0 aliphatic heterocycles. The van der Waals surface area contributed by atoms with E-state index in [0.29, 0.717) is 5.02 Å². The molecule has 0 radical (unpaired) electrons. The van der Waals surface area contributed by atoms with Crippen molar-refractivity contribution in [2.75, 3.05) is 13.2 Å². The summed E-state index contributed by atoms with van der Waals surface area (Å²) in [5.41, 5.74) is 6.79. The van der Waals surface area contributed by atoms with Crippen LogP contribution >= 0.6 is 11.6 Å². The lowest BCUT2D eigenvalue weighted by Gasteiger charge is -2.12. The first-order chi connectivity index (χ1) is 11.4. The van der Waals surface area contributed by atoms with Crippen molar-refractivity contribution in [2.24, 2.45) is 11.1 Å². The lowest BCUT2D eigenvalue weighted by Crippen LogP contribution is -2.27. The number of aliphatic hydroxyl groups excluding tert-OH is 1. The summed E-state index contributed by atoms with van der Waals surface area (Å²) in [5, 5.41) is 9.69. The van der Waals surface area contributed by atoms with E-state index in [2.05, 4.69) is 0 Å². The molecule has 3 N–H and O–H groups in total. The van der Waals surface area contributed by atoms with Crippen LogP contribution in [0.1, 0.15) is 17.0 Å². The van der Waals surface area contributed by atoms with Gasteiger partial charge >= 0.3 is 0 Å². The van der Waals surface area contributed by atoms with Gasteiger partial charge in [0.05, 0.1) is 16.8 Å². The van der Waals surface area contributed by atoms with Gasteiger partial charge in [-0.2, -0.15) is 0 Å². The van der Waals surface area contributed by atoms with Crippen LogP contribution in [0, 0.1) is 12.3 Å². The molecule has 0 amide bonds. The second-order valence-corrected chi connectivity index (χ2v) is 8.91. The Hall–Kier alpha value is -1.40. The minimum absolute atomic E-state index is 0.0937. The van der Waals surface area contributed by atoms with Crippen LogP contribution in [0.5, 0.6) is 0 Å². The number of benzene rings is 2. The predicted octanol–water partition coefficient (Wildman–Crippen LogP) is 2.53. The Labute approximate surface area is 147 Å². The van der Waals surface area contributed by atoms with Crippen molar-refractivity contribution in [3.63, 3.8) is 0 Å². The molecule has 0 aromatic heterocycles. The second kappa shape index (κ2) is 6.15. The van der Waals surface area contributed by atoms with Gasteiger partial charge in [0.1, 0.15) is 0 Å². The Morgan fingerprint density at radius 3 is 2.42 bits per heavy atom. The Bertz CT molecular complexity index is 845. The van der Waals surface area contributed by atoms with E-state index in [1.54, 1.807) is 42.5 Å². The van der Waals surface area contributed by atoms with Crippen LogP contribution in [0.2, 0.25) is 5.02 Å². The highest BCUT2D eigenvalue weighted by atomic mass is 35.5. The molecule has 1 saturated carbocycles. The summed E-state index contributed by atoms with van der Waals surface area (Å²) in [4.78, 5) is 0.258.